The van der Waals surface area contributed by atoms with E-state index in [0.717, 1.165) is 16.6 Å². The van der Waals surface area contributed by atoms with Crippen molar-refractivity contribution >= 4 is 11.0 Å². The van der Waals surface area contributed by atoms with E-state index in [1.807, 2.05) is 18.2 Å². The van der Waals surface area contributed by atoms with E-state index in [4.69, 9.17) is 10.8 Å². The molecular formula is C10H11N3O. The van der Waals surface area contributed by atoms with Crippen molar-refractivity contribution in [2.75, 3.05) is 6.61 Å². The molecular weight excluding hydrogens is 178 g/mol. The summed E-state index contributed by atoms with van der Waals surface area (Å²) in [7, 11) is 0. The first kappa shape index (κ1) is 9.05. The van der Waals surface area contributed by atoms with Crippen molar-refractivity contribution in [3.63, 3.8) is 0 Å². The molecule has 0 spiro atoms. The van der Waals surface area contributed by atoms with E-state index in [1.165, 1.54) is 0 Å². The van der Waals surface area contributed by atoms with Gasteiger partial charge in [-0.05, 0) is 11.6 Å². The number of aliphatic hydroxyl groups excluding tert-OH is 1. The summed E-state index contributed by atoms with van der Waals surface area (Å²) < 4.78 is 0. The highest BCUT2D eigenvalue weighted by molar-refractivity contribution is 5.77. The number of para-hydroxylation sites is 1. The minimum absolute atomic E-state index is 0.0876. The van der Waals surface area contributed by atoms with Crippen LogP contribution in [0, 0.1) is 0 Å². The molecule has 1 heterocycles. The molecule has 0 aliphatic heterocycles. The summed E-state index contributed by atoms with van der Waals surface area (Å²) in [6.07, 6.45) is 3.26. The molecule has 1 aromatic carbocycles. The number of fused-ring (bicyclic) bond motifs is 1. The molecule has 72 valence electrons. The molecule has 0 fully saturated rings. The van der Waals surface area contributed by atoms with Gasteiger partial charge in [-0.2, -0.15) is 0 Å². The number of benzene rings is 1. The molecule has 2 rings (SSSR count). The summed E-state index contributed by atoms with van der Waals surface area (Å²) >= 11 is 0. The molecule has 0 unspecified atom stereocenters. The lowest BCUT2D eigenvalue weighted by Gasteiger charge is -2.09. The molecule has 0 amide bonds. The number of hydrogen-bond acceptors (Lipinski definition) is 4. The highest BCUT2D eigenvalue weighted by Crippen LogP contribution is 2.18. The molecule has 2 aromatic rings. The Labute approximate surface area is 81.4 Å². The van der Waals surface area contributed by atoms with Crippen LogP contribution in [0.4, 0.5) is 0 Å². The third kappa shape index (κ3) is 1.45. The Hall–Kier alpha value is -1.52. The second-order valence-corrected chi connectivity index (χ2v) is 3.06. The van der Waals surface area contributed by atoms with Crippen LogP contribution in [0.5, 0.6) is 0 Å². The molecule has 0 aliphatic rings. The molecule has 14 heavy (non-hydrogen) atoms. The highest BCUT2D eigenvalue weighted by atomic mass is 16.3. The van der Waals surface area contributed by atoms with Gasteiger partial charge in [0.25, 0.3) is 0 Å². The zero-order valence-corrected chi connectivity index (χ0v) is 7.59. The first-order valence-corrected chi connectivity index (χ1v) is 4.39. The van der Waals surface area contributed by atoms with Crippen LogP contribution in [0.25, 0.3) is 11.0 Å². The van der Waals surface area contributed by atoms with Crippen LogP contribution < -0.4 is 5.73 Å². The van der Waals surface area contributed by atoms with E-state index >= 15 is 0 Å². The zero-order chi connectivity index (χ0) is 9.97. The van der Waals surface area contributed by atoms with E-state index < -0.39 is 6.04 Å². The fourth-order valence-electron chi connectivity index (χ4n) is 1.41. The Morgan fingerprint density at radius 2 is 2.07 bits per heavy atom. The van der Waals surface area contributed by atoms with E-state index in [-0.39, 0.29) is 6.61 Å². The number of aromatic nitrogens is 2. The van der Waals surface area contributed by atoms with Crippen molar-refractivity contribution in [1.82, 2.24) is 9.97 Å². The van der Waals surface area contributed by atoms with Gasteiger partial charge in [-0.25, -0.2) is 0 Å². The number of nitrogens with two attached hydrogens (primary N) is 1. The van der Waals surface area contributed by atoms with Crippen molar-refractivity contribution in [1.29, 1.82) is 0 Å². The summed E-state index contributed by atoms with van der Waals surface area (Å²) in [5.41, 5.74) is 8.13. The highest BCUT2D eigenvalue weighted by Gasteiger charge is 2.09. The molecule has 0 saturated carbocycles. The van der Waals surface area contributed by atoms with Crippen LogP contribution in [0.2, 0.25) is 0 Å². The maximum atomic E-state index is 8.97. The fourth-order valence-corrected chi connectivity index (χ4v) is 1.41. The molecule has 0 aliphatic carbocycles. The first-order chi connectivity index (χ1) is 6.83. The smallest absolute Gasteiger partial charge is 0.0935 e. The van der Waals surface area contributed by atoms with E-state index in [9.17, 15) is 0 Å². The van der Waals surface area contributed by atoms with Crippen LogP contribution in [-0.4, -0.2) is 21.7 Å². The molecule has 3 N–H and O–H groups in total. The average Bonchev–Trinajstić information content (AvgIpc) is 2.27. The Balaban J connectivity index is 2.65. The van der Waals surface area contributed by atoms with E-state index in [2.05, 4.69) is 9.97 Å². The lowest BCUT2D eigenvalue weighted by Crippen LogP contribution is -2.15. The van der Waals surface area contributed by atoms with Crippen LogP contribution in [-0.2, 0) is 0 Å². The minimum atomic E-state index is -0.393. The summed E-state index contributed by atoms with van der Waals surface area (Å²) in [6.45, 7) is -0.0876. The summed E-state index contributed by atoms with van der Waals surface area (Å²) in [6, 6.07) is 5.20. The Morgan fingerprint density at radius 1 is 1.29 bits per heavy atom. The summed E-state index contributed by atoms with van der Waals surface area (Å²) in [5.74, 6) is 0. The van der Waals surface area contributed by atoms with Crippen molar-refractivity contribution in [3.05, 3.63) is 36.2 Å². The summed E-state index contributed by atoms with van der Waals surface area (Å²) in [5, 5.41) is 8.97. The van der Waals surface area contributed by atoms with Gasteiger partial charge in [0.2, 0.25) is 0 Å². The fraction of sp³-hybridized carbons (Fsp3) is 0.200. The van der Waals surface area contributed by atoms with Crippen LogP contribution in [0.1, 0.15) is 11.6 Å². The van der Waals surface area contributed by atoms with Gasteiger partial charge in [0, 0.05) is 12.4 Å². The van der Waals surface area contributed by atoms with Gasteiger partial charge in [0.15, 0.2) is 0 Å². The van der Waals surface area contributed by atoms with Crippen molar-refractivity contribution in [3.8, 4) is 0 Å². The molecule has 1 aromatic heterocycles. The predicted molar refractivity (Wildman–Crippen MR) is 53.6 cm³/mol. The maximum Gasteiger partial charge on any atom is 0.0935 e. The topological polar surface area (TPSA) is 72.0 Å². The molecule has 4 heteroatoms. The third-order valence-corrected chi connectivity index (χ3v) is 2.13. The second kappa shape index (κ2) is 3.69. The Bertz CT molecular complexity index is 439. The molecule has 0 bridgehead atoms. The van der Waals surface area contributed by atoms with Gasteiger partial charge in [0.1, 0.15) is 0 Å². The molecule has 0 saturated heterocycles. The van der Waals surface area contributed by atoms with Gasteiger partial charge < -0.3 is 10.8 Å². The average molecular weight is 189 g/mol. The monoisotopic (exact) mass is 189 g/mol. The van der Waals surface area contributed by atoms with Crippen molar-refractivity contribution in [2.45, 2.75) is 6.04 Å². The van der Waals surface area contributed by atoms with Crippen LogP contribution in [0.15, 0.2) is 30.6 Å². The minimum Gasteiger partial charge on any atom is -0.394 e. The molecule has 4 nitrogen and oxygen atoms in total. The Kier molecular flexibility index (Phi) is 2.39. The van der Waals surface area contributed by atoms with Gasteiger partial charge >= 0.3 is 0 Å². The van der Waals surface area contributed by atoms with Crippen LogP contribution in [0.3, 0.4) is 0 Å². The molecule has 0 radical (unpaired) electrons. The second-order valence-electron chi connectivity index (χ2n) is 3.06. The SMILES string of the molecule is N[C@H](CO)c1cccc2nccnc12. The standard InChI is InChI=1S/C10H11N3O/c11-8(6-14)7-2-1-3-9-10(7)13-5-4-12-9/h1-5,8,14H,6,11H2/t8-/m1/s1. The van der Waals surface area contributed by atoms with Crippen molar-refractivity contribution in [2.24, 2.45) is 5.73 Å². The van der Waals surface area contributed by atoms with Gasteiger partial charge in [-0.15, -0.1) is 0 Å². The largest absolute Gasteiger partial charge is 0.394 e. The first-order valence-electron chi connectivity index (χ1n) is 4.39. The van der Waals surface area contributed by atoms with Gasteiger partial charge in [-0.3, -0.25) is 9.97 Å². The lowest BCUT2D eigenvalue weighted by atomic mass is 10.1. The quantitative estimate of drug-likeness (QED) is 0.726. The van der Waals surface area contributed by atoms with E-state index in [0.29, 0.717) is 0 Å². The number of nitrogens with zero attached hydrogens (tertiary/aromatic N) is 2. The zero-order valence-electron chi connectivity index (χ0n) is 7.59. The van der Waals surface area contributed by atoms with Gasteiger partial charge in [-0.1, -0.05) is 12.1 Å². The van der Waals surface area contributed by atoms with E-state index in [1.54, 1.807) is 12.4 Å². The number of aliphatic hydroxyl groups is 1. The summed E-state index contributed by atoms with van der Waals surface area (Å²) in [4.78, 5) is 8.36. The maximum absolute atomic E-state index is 8.97. The number of rotatable bonds is 2. The normalized spacial score (nSPS) is 13.0. The van der Waals surface area contributed by atoms with Crippen LogP contribution >= 0.6 is 0 Å². The molecule has 1 atom stereocenters. The van der Waals surface area contributed by atoms with Gasteiger partial charge in [0.05, 0.1) is 23.7 Å². The van der Waals surface area contributed by atoms with Crippen molar-refractivity contribution < 1.29 is 5.11 Å². The predicted octanol–water partition coefficient (Wildman–Crippen LogP) is 0.622. The lowest BCUT2D eigenvalue weighted by molar-refractivity contribution is 0.268. The Morgan fingerprint density at radius 3 is 2.86 bits per heavy atom. The third-order valence-electron chi connectivity index (χ3n) is 2.13. The number of hydrogen-bond donors (Lipinski definition) is 2.